The fraction of sp³-hybridized carbons (Fsp3) is 0.636. The van der Waals surface area contributed by atoms with E-state index in [9.17, 15) is 4.79 Å². The van der Waals surface area contributed by atoms with Crippen LogP contribution >= 0.6 is 0 Å². The summed E-state index contributed by atoms with van der Waals surface area (Å²) in [4.78, 5) is 11.5. The van der Waals surface area contributed by atoms with Crippen LogP contribution in [0, 0.1) is 13.8 Å². The second-order valence-electron chi connectivity index (χ2n) is 4.28. The standard InChI is InChI=1S/C11H18N4O/c1-7-9(8(2)15-14-7)6-13-10-4-3-5-12-11(10)16/h10,13H,3-6H2,1-2H3,(H,12,16)(H,14,15). The Hall–Kier alpha value is -1.36. The summed E-state index contributed by atoms with van der Waals surface area (Å²) in [6, 6.07) is -0.0533. The molecule has 5 heteroatoms. The van der Waals surface area contributed by atoms with Gasteiger partial charge in [-0.2, -0.15) is 5.10 Å². The van der Waals surface area contributed by atoms with Gasteiger partial charge >= 0.3 is 0 Å². The smallest absolute Gasteiger partial charge is 0.237 e. The highest BCUT2D eigenvalue weighted by atomic mass is 16.2. The first-order chi connectivity index (χ1) is 7.68. The van der Waals surface area contributed by atoms with E-state index in [1.807, 2.05) is 13.8 Å². The summed E-state index contributed by atoms with van der Waals surface area (Å²) in [7, 11) is 0. The first-order valence-corrected chi connectivity index (χ1v) is 5.70. The van der Waals surface area contributed by atoms with E-state index in [1.165, 1.54) is 5.56 Å². The number of hydrogen-bond donors (Lipinski definition) is 3. The van der Waals surface area contributed by atoms with E-state index in [1.54, 1.807) is 0 Å². The Labute approximate surface area is 95.0 Å². The molecule has 1 saturated heterocycles. The lowest BCUT2D eigenvalue weighted by molar-refractivity contribution is -0.124. The number of aromatic nitrogens is 2. The van der Waals surface area contributed by atoms with Gasteiger partial charge < -0.3 is 10.6 Å². The number of nitrogens with zero attached hydrogens (tertiary/aromatic N) is 1. The highest BCUT2D eigenvalue weighted by molar-refractivity contribution is 5.82. The predicted octanol–water partition coefficient (Wildman–Crippen LogP) is 0.395. The zero-order valence-corrected chi connectivity index (χ0v) is 9.76. The van der Waals surface area contributed by atoms with Crippen molar-refractivity contribution in [2.24, 2.45) is 0 Å². The van der Waals surface area contributed by atoms with Gasteiger partial charge in [-0.05, 0) is 26.7 Å². The first-order valence-electron chi connectivity index (χ1n) is 5.70. The minimum atomic E-state index is -0.0533. The zero-order valence-electron chi connectivity index (χ0n) is 9.76. The van der Waals surface area contributed by atoms with E-state index >= 15 is 0 Å². The van der Waals surface area contributed by atoms with Crippen molar-refractivity contribution in [3.63, 3.8) is 0 Å². The van der Waals surface area contributed by atoms with Crippen molar-refractivity contribution in [3.05, 3.63) is 17.0 Å². The van der Waals surface area contributed by atoms with Crippen molar-refractivity contribution in [1.82, 2.24) is 20.8 Å². The number of nitrogens with one attached hydrogen (secondary N) is 3. The summed E-state index contributed by atoms with van der Waals surface area (Å²) < 4.78 is 0. The lowest BCUT2D eigenvalue weighted by Gasteiger charge is -2.22. The van der Waals surface area contributed by atoms with Gasteiger partial charge in [0.25, 0.3) is 0 Å². The van der Waals surface area contributed by atoms with Gasteiger partial charge in [0, 0.05) is 24.3 Å². The van der Waals surface area contributed by atoms with E-state index < -0.39 is 0 Å². The molecule has 1 atom stereocenters. The summed E-state index contributed by atoms with van der Waals surface area (Å²) in [5.41, 5.74) is 3.24. The Morgan fingerprint density at radius 1 is 1.50 bits per heavy atom. The Morgan fingerprint density at radius 2 is 2.31 bits per heavy atom. The number of carbonyl (C=O) groups is 1. The van der Waals surface area contributed by atoms with Crippen LogP contribution in [0.1, 0.15) is 29.8 Å². The Balaban J connectivity index is 1.94. The first kappa shape index (κ1) is 11.1. The van der Waals surface area contributed by atoms with E-state index in [-0.39, 0.29) is 11.9 Å². The van der Waals surface area contributed by atoms with Gasteiger partial charge in [0.15, 0.2) is 0 Å². The molecule has 0 saturated carbocycles. The number of aromatic amines is 1. The summed E-state index contributed by atoms with van der Waals surface area (Å²) in [6.07, 6.45) is 1.97. The van der Waals surface area contributed by atoms with Crippen molar-refractivity contribution in [2.45, 2.75) is 39.3 Å². The number of rotatable bonds is 3. The predicted molar refractivity (Wildman–Crippen MR) is 60.9 cm³/mol. The third kappa shape index (κ3) is 2.24. The fourth-order valence-electron chi connectivity index (χ4n) is 2.03. The van der Waals surface area contributed by atoms with Gasteiger partial charge in [-0.15, -0.1) is 0 Å². The summed E-state index contributed by atoms with van der Waals surface area (Å²) >= 11 is 0. The Bertz CT molecular complexity index is 366. The third-order valence-electron chi connectivity index (χ3n) is 3.09. The van der Waals surface area contributed by atoms with Gasteiger partial charge in [0.1, 0.15) is 0 Å². The van der Waals surface area contributed by atoms with Gasteiger partial charge in [-0.3, -0.25) is 9.89 Å². The molecule has 0 radical (unpaired) electrons. The van der Waals surface area contributed by atoms with E-state index in [2.05, 4.69) is 20.8 Å². The average molecular weight is 222 g/mol. The van der Waals surface area contributed by atoms with Crippen LogP contribution in [0.25, 0.3) is 0 Å². The molecule has 1 amide bonds. The van der Waals surface area contributed by atoms with Crippen LogP contribution < -0.4 is 10.6 Å². The van der Waals surface area contributed by atoms with E-state index in [4.69, 9.17) is 0 Å². The molecule has 1 aliphatic rings. The highest BCUT2D eigenvalue weighted by Crippen LogP contribution is 2.10. The second-order valence-corrected chi connectivity index (χ2v) is 4.28. The maximum atomic E-state index is 11.5. The van der Waals surface area contributed by atoms with Gasteiger partial charge in [-0.25, -0.2) is 0 Å². The maximum Gasteiger partial charge on any atom is 0.237 e. The molecule has 1 fully saturated rings. The van der Waals surface area contributed by atoms with Crippen LogP contribution in [0.3, 0.4) is 0 Å². The average Bonchev–Trinajstić information content (AvgIpc) is 2.58. The Kier molecular flexibility index (Phi) is 3.24. The Morgan fingerprint density at radius 3 is 2.94 bits per heavy atom. The molecule has 2 rings (SSSR count). The molecule has 0 bridgehead atoms. The van der Waals surface area contributed by atoms with Crippen molar-refractivity contribution in [2.75, 3.05) is 6.54 Å². The minimum absolute atomic E-state index is 0.0533. The monoisotopic (exact) mass is 222 g/mol. The van der Waals surface area contributed by atoms with Crippen LogP contribution in [0.2, 0.25) is 0 Å². The summed E-state index contributed by atoms with van der Waals surface area (Å²) in [5.74, 6) is 0.116. The molecule has 88 valence electrons. The minimum Gasteiger partial charge on any atom is -0.355 e. The second kappa shape index (κ2) is 4.65. The number of hydrogen-bond acceptors (Lipinski definition) is 3. The molecule has 2 heterocycles. The van der Waals surface area contributed by atoms with Crippen molar-refractivity contribution in [3.8, 4) is 0 Å². The van der Waals surface area contributed by atoms with Gasteiger partial charge in [0.05, 0.1) is 11.7 Å². The molecule has 1 unspecified atom stereocenters. The van der Waals surface area contributed by atoms with Crippen molar-refractivity contribution >= 4 is 5.91 Å². The molecular weight excluding hydrogens is 204 g/mol. The van der Waals surface area contributed by atoms with Gasteiger partial charge in [0.2, 0.25) is 5.91 Å². The molecule has 1 aromatic heterocycles. The van der Waals surface area contributed by atoms with Crippen LogP contribution in [0.4, 0.5) is 0 Å². The number of H-pyrrole nitrogens is 1. The quantitative estimate of drug-likeness (QED) is 0.693. The highest BCUT2D eigenvalue weighted by Gasteiger charge is 2.21. The fourth-order valence-corrected chi connectivity index (χ4v) is 2.03. The zero-order chi connectivity index (χ0) is 11.5. The number of carbonyl (C=O) groups excluding carboxylic acids is 1. The van der Waals surface area contributed by atoms with Crippen molar-refractivity contribution < 1.29 is 4.79 Å². The summed E-state index contributed by atoms with van der Waals surface area (Å²) in [6.45, 7) is 5.48. The number of piperidine rings is 1. The lowest BCUT2D eigenvalue weighted by Crippen LogP contribution is -2.48. The van der Waals surface area contributed by atoms with Gasteiger partial charge in [-0.1, -0.05) is 0 Å². The van der Waals surface area contributed by atoms with E-state index in [0.29, 0.717) is 6.54 Å². The maximum absolute atomic E-state index is 11.5. The third-order valence-corrected chi connectivity index (χ3v) is 3.09. The molecule has 0 spiro atoms. The summed E-state index contributed by atoms with van der Waals surface area (Å²) in [5, 5.41) is 13.2. The number of amides is 1. The van der Waals surface area contributed by atoms with Crippen LogP contribution in [0.15, 0.2) is 0 Å². The molecular formula is C11H18N4O. The topological polar surface area (TPSA) is 69.8 Å². The molecule has 3 N–H and O–H groups in total. The van der Waals surface area contributed by atoms with Crippen LogP contribution in [0.5, 0.6) is 0 Å². The van der Waals surface area contributed by atoms with Crippen molar-refractivity contribution in [1.29, 1.82) is 0 Å². The molecule has 5 nitrogen and oxygen atoms in total. The largest absolute Gasteiger partial charge is 0.355 e. The lowest BCUT2D eigenvalue weighted by atomic mass is 10.1. The molecule has 16 heavy (non-hydrogen) atoms. The normalized spacial score (nSPS) is 20.9. The van der Waals surface area contributed by atoms with Crippen LogP contribution in [-0.4, -0.2) is 28.7 Å². The molecule has 1 aliphatic heterocycles. The SMILES string of the molecule is Cc1n[nH]c(C)c1CNC1CCCNC1=O. The van der Waals surface area contributed by atoms with E-state index in [0.717, 1.165) is 30.8 Å². The molecule has 0 aromatic carbocycles. The number of aryl methyl sites for hydroxylation is 2. The molecule has 0 aliphatic carbocycles. The van der Waals surface area contributed by atoms with Crippen LogP contribution in [-0.2, 0) is 11.3 Å². The molecule has 1 aromatic rings.